The van der Waals surface area contributed by atoms with Crippen molar-refractivity contribution in [2.24, 2.45) is 5.41 Å². The molecule has 0 aromatic heterocycles. The van der Waals surface area contributed by atoms with Crippen LogP contribution in [0.25, 0.3) is 0 Å². The van der Waals surface area contributed by atoms with Crippen molar-refractivity contribution in [2.45, 2.75) is 71.6 Å². The van der Waals surface area contributed by atoms with E-state index in [0.29, 0.717) is 13.1 Å². The van der Waals surface area contributed by atoms with Crippen LogP contribution in [-0.4, -0.2) is 46.8 Å². The van der Waals surface area contributed by atoms with E-state index in [-0.39, 0.29) is 23.5 Å². The Balaban J connectivity index is 1.87. The minimum Gasteiger partial charge on any atom is -0.485 e. The number of benzene rings is 1. The number of carbonyl (C=O) groups excluding carboxylic acids is 2. The first kappa shape index (κ1) is 19.7. The first-order valence-electron chi connectivity index (χ1n) is 9.91. The molecule has 0 radical (unpaired) electrons. The van der Waals surface area contributed by atoms with Crippen LogP contribution in [0.1, 0.15) is 58.9 Å². The predicted octanol–water partition coefficient (Wildman–Crippen LogP) is 3.61. The summed E-state index contributed by atoms with van der Waals surface area (Å²) in [4.78, 5) is 28.6. The second-order valence-electron chi connectivity index (χ2n) is 9.17. The van der Waals surface area contributed by atoms with Gasteiger partial charge in [0.25, 0.3) is 0 Å². The SMILES string of the molecule is CC(=O)N(C)C1CCC2(CC1)CN(C(=O)C(C)(C)C)Cc1ccccc1O2. The van der Waals surface area contributed by atoms with Gasteiger partial charge in [0, 0.05) is 37.5 Å². The van der Waals surface area contributed by atoms with E-state index in [1.54, 1.807) is 6.92 Å². The fourth-order valence-electron chi connectivity index (χ4n) is 4.26. The van der Waals surface area contributed by atoms with Crippen LogP contribution in [0.2, 0.25) is 0 Å². The van der Waals surface area contributed by atoms with E-state index >= 15 is 0 Å². The first-order chi connectivity index (χ1) is 12.6. The smallest absolute Gasteiger partial charge is 0.228 e. The highest BCUT2D eigenvalue weighted by atomic mass is 16.5. The van der Waals surface area contributed by atoms with Crippen LogP contribution in [0.4, 0.5) is 0 Å². The monoisotopic (exact) mass is 372 g/mol. The number of hydrogen-bond donors (Lipinski definition) is 0. The van der Waals surface area contributed by atoms with Gasteiger partial charge in [-0.05, 0) is 31.7 Å². The van der Waals surface area contributed by atoms with Gasteiger partial charge in [-0.2, -0.15) is 0 Å². The normalized spacial score (nSPS) is 25.4. The van der Waals surface area contributed by atoms with Crippen LogP contribution < -0.4 is 4.74 Å². The molecule has 1 aliphatic heterocycles. The van der Waals surface area contributed by atoms with Crippen LogP contribution in [0.5, 0.6) is 5.75 Å². The summed E-state index contributed by atoms with van der Waals surface area (Å²) in [5.41, 5.74) is 0.267. The zero-order chi connectivity index (χ0) is 19.8. The molecule has 0 atom stereocenters. The van der Waals surface area contributed by atoms with Crippen molar-refractivity contribution in [2.75, 3.05) is 13.6 Å². The third kappa shape index (κ3) is 4.12. The van der Waals surface area contributed by atoms with Crippen molar-refractivity contribution in [3.8, 4) is 5.75 Å². The quantitative estimate of drug-likeness (QED) is 0.757. The van der Waals surface area contributed by atoms with Gasteiger partial charge < -0.3 is 14.5 Å². The van der Waals surface area contributed by atoms with E-state index in [9.17, 15) is 9.59 Å². The van der Waals surface area contributed by atoms with E-state index < -0.39 is 5.41 Å². The van der Waals surface area contributed by atoms with Gasteiger partial charge in [-0.1, -0.05) is 39.0 Å². The maximum Gasteiger partial charge on any atom is 0.228 e. The molecular weight excluding hydrogens is 340 g/mol. The molecule has 0 N–H and O–H groups in total. The standard InChI is InChI=1S/C22H32N2O3/c1-16(25)23(5)18-10-12-22(13-11-18)15-24(20(26)21(2,3)4)14-17-8-6-7-9-19(17)27-22/h6-9,18H,10-15H2,1-5H3. The third-order valence-electron chi connectivity index (χ3n) is 5.98. The van der Waals surface area contributed by atoms with E-state index in [1.807, 2.05) is 61.9 Å². The van der Waals surface area contributed by atoms with E-state index in [0.717, 1.165) is 37.0 Å². The summed E-state index contributed by atoms with van der Waals surface area (Å²) in [5, 5.41) is 0. The lowest BCUT2D eigenvalue weighted by Crippen LogP contribution is -2.53. The zero-order valence-corrected chi connectivity index (χ0v) is 17.2. The summed E-state index contributed by atoms with van der Waals surface area (Å²) >= 11 is 0. The lowest BCUT2D eigenvalue weighted by molar-refractivity contribution is -0.143. The summed E-state index contributed by atoms with van der Waals surface area (Å²) in [6, 6.07) is 8.30. The van der Waals surface area contributed by atoms with Gasteiger partial charge >= 0.3 is 0 Å². The average Bonchev–Trinajstić information content (AvgIpc) is 2.76. The first-order valence-corrected chi connectivity index (χ1v) is 9.91. The Labute approximate surface area is 162 Å². The highest BCUT2D eigenvalue weighted by molar-refractivity contribution is 5.81. The van der Waals surface area contributed by atoms with Gasteiger partial charge in [-0.25, -0.2) is 0 Å². The maximum absolute atomic E-state index is 13.1. The number of rotatable bonds is 1. The van der Waals surface area contributed by atoms with Crippen LogP contribution in [0.3, 0.4) is 0 Å². The van der Waals surface area contributed by atoms with Crippen LogP contribution in [-0.2, 0) is 16.1 Å². The van der Waals surface area contributed by atoms with E-state index in [4.69, 9.17) is 4.74 Å². The molecule has 0 saturated heterocycles. The van der Waals surface area contributed by atoms with Crippen LogP contribution in [0, 0.1) is 5.41 Å². The number of para-hydroxylation sites is 1. The minimum absolute atomic E-state index is 0.104. The van der Waals surface area contributed by atoms with Gasteiger partial charge in [0.15, 0.2) is 0 Å². The summed E-state index contributed by atoms with van der Waals surface area (Å²) in [5.74, 6) is 1.15. The Hall–Kier alpha value is -2.04. The zero-order valence-electron chi connectivity index (χ0n) is 17.2. The Morgan fingerprint density at radius 3 is 2.41 bits per heavy atom. The molecule has 1 fully saturated rings. The fraction of sp³-hybridized carbons (Fsp3) is 0.636. The van der Waals surface area contributed by atoms with E-state index in [1.165, 1.54) is 0 Å². The third-order valence-corrected chi connectivity index (χ3v) is 5.98. The number of nitrogens with zero attached hydrogens (tertiary/aromatic N) is 2. The van der Waals surface area contributed by atoms with Gasteiger partial charge in [0.05, 0.1) is 6.54 Å². The topological polar surface area (TPSA) is 49.9 Å². The minimum atomic E-state index is -0.424. The highest BCUT2D eigenvalue weighted by Crippen LogP contribution is 2.40. The predicted molar refractivity (Wildman–Crippen MR) is 105 cm³/mol. The van der Waals surface area contributed by atoms with Crippen LogP contribution >= 0.6 is 0 Å². The Bertz CT molecular complexity index is 715. The molecule has 5 heteroatoms. The highest BCUT2D eigenvalue weighted by Gasteiger charge is 2.44. The molecule has 1 aromatic carbocycles. The van der Waals surface area contributed by atoms with Crippen molar-refractivity contribution < 1.29 is 14.3 Å². The molecule has 1 saturated carbocycles. The molecule has 1 aliphatic carbocycles. The van der Waals surface area contributed by atoms with Crippen LogP contribution in [0.15, 0.2) is 24.3 Å². The summed E-state index contributed by atoms with van der Waals surface area (Å²) in [6.45, 7) is 8.72. The Morgan fingerprint density at radius 2 is 1.81 bits per heavy atom. The molecule has 2 amide bonds. The molecule has 1 aromatic rings. The molecule has 0 bridgehead atoms. The Morgan fingerprint density at radius 1 is 1.19 bits per heavy atom. The lowest BCUT2D eigenvalue weighted by Gasteiger charge is -2.44. The molecule has 27 heavy (non-hydrogen) atoms. The number of fused-ring (bicyclic) bond motifs is 1. The largest absolute Gasteiger partial charge is 0.485 e. The molecule has 1 spiro atoms. The molecule has 1 heterocycles. The summed E-state index contributed by atoms with van der Waals surface area (Å²) in [6.07, 6.45) is 3.49. The van der Waals surface area contributed by atoms with E-state index in [2.05, 4.69) is 0 Å². The number of carbonyl (C=O) groups is 2. The fourth-order valence-corrected chi connectivity index (χ4v) is 4.26. The van der Waals surface area contributed by atoms with Gasteiger partial charge in [-0.15, -0.1) is 0 Å². The molecular formula is C22H32N2O3. The molecule has 2 aliphatic rings. The Kier molecular flexibility index (Phi) is 5.24. The van der Waals surface area contributed by atoms with Crippen molar-refractivity contribution in [3.05, 3.63) is 29.8 Å². The molecule has 5 nitrogen and oxygen atoms in total. The molecule has 0 unspecified atom stereocenters. The second kappa shape index (κ2) is 7.17. The molecule has 3 rings (SSSR count). The lowest BCUT2D eigenvalue weighted by atomic mass is 9.80. The average molecular weight is 373 g/mol. The summed E-state index contributed by atoms with van der Waals surface area (Å²) in [7, 11) is 1.88. The number of amides is 2. The van der Waals surface area contributed by atoms with Crippen molar-refractivity contribution >= 4 is 11.8 Å². The molecule has 148 valence electrons. The van der Waals surface area contributed by atoms with Gasteiger partial charge in [0.1, 0.15) is 11.4 Å². The van der Waals surface area contributed by atoms with Crippen molar-refractivity contribution in [1.29, 1.82) is 0 Å². The second-order valence-corrected chi connectivity index (χ2v) is 9.17. The van der Waals surface area contributed by atoms with Gasteiger partial charge in [0.2, 0.25) is 11.8 Å². The summed E-state index contributed by atoms with van der Waals surface area (Å²) < 4.78 is 6.57. The van der Waals surface area contributed by atoms with Gasteiger partial charge in [-0.3, -0.25) is 9.59 Å². The van der Waals surface area contributed by atoms with Crippen molar-refractivity contribution in [3.63, 3.8) is 0 Å². The number of ether oxygens (including phenoxy) is 1. The number of hydrogen-bond acceptors (Lipinski definition) is 3. The van der Waals surface area contributed by atoms with Crippen molar-refractivity contribution in [1.82, 2.24) is 9.80 Å². The maximum atomic E-state index is 13.1.